The van der Waals surface area contributed by atoms with Crippen molar-refractivity contribution in [2.24, 2.45) is 5.92 Å². The topological polar surface area (TPSA) is 23.5 Å². The first-order chi connectivity index (χ1) is 9.78. The maximum Gasteiger partial charge on any atom is 0.0468 e. The van der Waals surface area contributed by atoms with Gasteiger partial charge in [0, 0.05) is 26.2 Å². The molecule has 1 N–H and O–H groups in total. The predicted octanol–water partition coefficient (Wildman–Crippen LogP) is 3.32. The molecule has 0 aromatic heterocycles. The van der Waals surface area contributed by atoms with Gasteiger partial charge >= 0.3 is 0 Å². The van der Waals surface area contributed by atoms with E-state index in [9.17, 15) is 5.11 Å². The summed E-state index contributed by atoms with van der Waals surface area (Å²) in [6.07, 6.45) is 0. The Bertz CT molecular complexity index is 442. The Morgan fingerprint density at radius 3 is 1.70 bits per heavy atom. The van der Waals surface area contributed by atoms with Crippen molar-refractivity contribution in [1.82, 2.24) is 4.90 Å². The van der Waals surface area contributed by atoms with Gasteiger partial charge < -0.3 is 5.11 Å². The molecule has 0 heterocycles. The van der Waals surface area contributed by atoms with Crippen molar-refractivity contribution >= 4 is 0 Å². The summed E-state index contributed by atoms with van der Waals surface area (Å²) in [5.41, 5.74) is 2.63. The van der Waals surface area contributed by atoms with Gasteiger partial charge in [-0.05, 0) is 17.0 Å². The summed E-state index contributed by atoms with van der Waals surface area (Å²) in [4.78, 5) is 2.39. The second kappa shape index (κ2) is 7.83. The van der Waals surface area contributed by atoms with E-state index in [1.807, 2.05) is 12.1 Å². The number of aliphatic hydroxyl groups excluding tert-OH is 1. The lowest BCUT2D eigenvalue weighted by molar-refractivity contribution is 0.163. The van der Waals surface area contributed by atoms with E-state index in [-0.39, 0.29) is 6.61 Å². The molecule has 0 bridgehead atoms. The zero-order valence-electron chi connectivity index (χ0n) is 12.1. The lowest BCUT2D eigenvalue weighted by Gasteiger charge is -2.25. The van der Waals surface area contributed by atoms with Crippen LogP contribution in [0.25, 0.3) is 0 Å². The second-order valence-corrected chi connectivity index (χ2v) is 5.43. The SMILES string of the molecule is CC(CO)CN(Cc1ccccc1)Cc1ccccc1. The highest BCUT2D eigenvalue weighted by Crippen LogP contribution is 2.12. The molecule has 2 nitrogen and oxygen atoms in total. The van der Waals surface area contributed by atoms with Gasteiger partial charge in [-0.2, -0.15) is 0 Å². The minimum absolute atomic E-state index is 0.236. The number of nitrogens with zero attached hydrogens (tertiary/aromatic N) is 1. The van der Waals surface area contributed by atoms with Gasteiger partial charge in [-0.25, -0.2) is 0 Å². The molecule has 0 fully saturated rings. The summed E-state index contributed by atoms with van der Waals surface area (Å²) in [6.45, 7) is 5.06. The smallest absolute Gasteiger partial charge is 0.0468 e. The molecule has 106 valence electrons. The molecule has 0 amide bonds. The van der Waals surface area contributed by atoms with Gasteiger partial charge in [0.2, 0.25) is 0 Å². The van der Waals surface area contributed by atoms with Crippen LogP contribution in [-0.4, -0.2) is 23.2 Å². The molecule has 0 saturated carbocycles. The van der Waals surface area contributed by atoms with E-state index in [0.717, 1.165) is 19.6 Å². The Morgan fingerprint density at radius 1 is 0.850 bits per heavy atom. The van der Waals surface area contributed by atoms with Gasteiger partial charge in [0.05, 0.1) is 0 Å². The van der Waals surface area contributed by atoms with Gasteiger partial charge in [0.15, 0.2) is 0 Å². The van der Waals surface area contributed by atoms with Crippen LogP contribution in [0.5, 0.6) is 0 Å². The van der Waals surface area contributed by atoms with Gasteiger partial charge in [0.1, 0.15) is 0 Å². The van der Waals surface area contributed by atoms with E-state index in [1.165, 1.54) is 11.1 Å². The zero-order chi connectivity index (χ0) is 14.2. The van der Waals surface area contributed by atoms with Crippen molar-refractivity contribution in [3.63, 3.8) is 0 Å². The highest BCUT2D eigenvalue weighted by molar-refractivity contribution is 5.17. The van der Waals surface area contributed by atoms with Crippen LogP contribution < -0.4 is 0 Å². The van der Waals surface area contributed by atoms with Crippen molar-refractivity contribution in [3.8, 4) is 0 Å². The lowest BCUT2D eigenvalue weighted by Crippen LogP contribution is -2.29. The molecule has 1 atom stereocenters. The third kappa shape index (κ3) is 4.80. The van der Waals surface area contributed by atoms with E-state index in [4.69, 9.17) is 0 Å². The predicted molar refractivity (Wildman–Crippen MR) is 83.2 cm³/mol. The number of hydrogen-bond donors (Lipinski definition) is 1. The largest absolute Gasteiger partial charge is 0.396 e. The lowest BCUT2D eigenvalue weighted by atomic mass is 10.1. The Kier molecular flexibility index (Phi) is 5.78. The maximum atomic E-state index is 9.29. The summed E-state index contributed by atoms with van der Waals surface area (Å²) in [7, 11) is 0. The standard InChI is InChI=1S/C18H23NO/c1-16(15-20)12-19(13-17-8-4-2-5-9-17)14-18-10-6-3-7-11-18/h2-11,16,20H,12-15H2,1H3. The number of aliphatic hydroxyl groups is 1. The average molecular weight is 269 g/mol. The Labute approximate surface area is 121 Å². The highest BCUT2D eigenvalue weighted by Gasteiger charge is 2.11. The first-order valence-corrected chi connectivity index (χ1v) is 7.19. The van der Waals surface area contributed by atoms with Crippen LogP contribution >= 0.6 is 0 Å². The molecule has 20 heavy (non-hydrogen) atoms. The van der Waals surface area contributed by atoms with E-state index in [1.54, 1.807) is 0 Å². The normalized spacial score (nSPS) is 12.6. The molecule has 0 saturated heterocycles. The summed E-state index contributed by atoms with van der Waals surface area (Å²) in [5.74, 6) is 0.294. The van der Waals surface area contributed by atoms with Crippen LogP contribution in [-0.2, 0) is 13.1 Å². The number of benzene rings is 2. The molecule has 0 radical (unpaired) electrons. The van der Waals surface area contributed by atoms with Crippen molar-refractivity contribution in [3.05, 3.63) is 71.8 Å². The van der Waals surface area contributed by atoms with Crippen molar-refractivity contribution in [1.29, 1.82) is 0 Å². The fraction of sp³-hybridized carbons (Fsp3) is 0.333. The molecule has 2 rings (SSSR count). The second-order valence-electron chi connectivity index (χ2n) is 5.43. The molecule has 2 heteroatoms. The summed E-state index contributed by atoms with van der Waals surface area (Å²) in [6, 6.07) is 21.0. The maximum absolute atomic E-state index is 9.29. The Hall–Kier alpha value is -1.64. The minimum atomic E-state index is 0.236. The zero-order valence-corrected chi connectivity index (χ0v) is 12.1. The van der Waals surface area contributed by atoms with Crippen LogP contribution in [0.15, 0.2) is 60.7 Å². The molecule has 0 aliphatic carbocycles. The number of hydrogen-bond acceptors (Lipinski definition) is 2. The van der Waals surface area contributed by atoms with E-state index in [2.05, 4.69) is 60.4 Å². The molecule has 2 aromatic carbocycles. The van der Waals surface area contributed by atoms with E-state index < -0.39 is 0 Å². The molecule has 2 aromatic rings. The quantitative estimate of drug-likeness (QED) is 0.833. The summed E-state index contributed by atoms with van der Waals surface area (Å²) < 4.78 is 0. The molecule has 0 aliphatic heterocycles. The molecular weight excluding hydrogens is 246 g/mol. The highest BCUT2D eigenvalue weighted by atomic mass is 16.3. The third-order valence-electron chi connectivity index (χ3n) is 3.38. The minimum Gasteiger partial charge on any atom is -0.396 e. The fourth-order valence-electron chi connectivity index (χ4n) is 2.37. The van der Waals surface area contributed by atoms with Crippen LogP contribution in [0.1, 0.15) is 18.1 Å². The van der Waals surface area contributed by atoms with E-state index in [0.29, 0.717) is 5.92 Å². The molecular formula is C18H23NO. The molecule has 1 unspecified atom stereocenters. The first-order valence-electron chi connectivity index (χ1n) is 7.19. The Morgan fingerprint density at radius 2 is 1.30 bits per heavy atom. The van der Waals surface area contributed by atoms with Crippen LogP contribution in [0.2, 0.25) is 0 Å². The monoisotopic (exact) mass is 269 g/mol. The van der Waals surface area contributed by atoms with Gasteiger partial charge in [-0.3, -0.25) is 4.90 Å². The van der Waals surface area contributed by atoms with Crippen molar-refractivity contribution in [2.75, 3.05) is 13.2 Å². The van der Waals surface area contributed by atoms with Gasteiger partial charge in [-0.1, -0.05) is 67.6 Å². The average Bonchev–Trinajstić information content (AvgIpc) is 2.49. The molecule has 0 spiro atoms. The first kappa shape index (κ1) is 14.8. The summed E-state index contributed by atoms with van der Waals surface area (Å²) in [5, 5.41) is 9.29. The summed E-state index contributed by atoms with van der Waals surface area (Å²) >= 11 is 0. The molecule has 0 aliphatic rings. The van der Waals surface area contributed by atoms with Crippen LogP contribution in [0.4, 0.5) is 0 Å². The van der Waals surface area contributed by atoms with Crippen molar-refractivity contribution < 1.29 is 5.11 Å². The fourth-order valence-corrected chi connectivity index (χ4v) is 2.37. The van der Waals surface area contributed by atoms with Crippen molar-refractivity contribution in [2.45, 2.75) is 20.0 Å². The Balaban J connectivity index is 2.04. The van der Waals surface area contributed by atoms with Crippen LogP contribution in [0, 0.1) is 5.92 Å². The van der Waals surface area contributed by atoms with Gasteiger partial charge in [-0.15, -0.1) is 0 Å². The van der Waals surface area contributed by atoms with E-state index >= 15 is 0 Å². The van der Waals surface area contributed by atoms with Crippen LogP contribution in [0.3, 0.4) is 0 Å². The third-order valence-corrected chi connectivity index (χ3v) is 3.38. The van der Waals surface area contributed by atoms with Gasteiger partial charge in [0.25, 0.3) is 0 Å². The number of rotatable bonds is 7.